The fourth-order valence-electron chi connectivity index (χ4n) is 2.21. The number of carbonyl (C=O) groups excluding carboxylic acids is 2. The van der Waals surface area contributed by atoms with E-state index in [4.69, 9.17) is 0 Å². The summed E-state index contributed by atoms with van der Waals surface area (Å²) in [7, 11) is 0. The first-order chi connectivity index (χ1) is 9.32. The van der Waals surface area contributed by atoms with Crippen LogP contribution in [0.5, 0.6) is 0 Å². The van der Waals surface area contributed by atoms with Crippen molar-refractivity contribution in [3.05, 3.63) is 35.4 Å². The van der Waals surface area contributed by atoms with Crippen molar-refractivity contribution < 1.29 is 9.59 Å². The molecule has 0 aliphatic rings. The lowest BCUT2D eigenvalue weighted by Gasteiger charge is -2.24. The highest BCUT2D eigenvalue weighted by Gasteiger charge is 2.24. The minimum absolute atomic E-state index is 0.0444. The topological polar surface area (TPSA) is 58.2 Å². The maximum absolute atomic E-state index is 12.3. The summed E-state index contributed by atoms with van der Waals surface area (Å²) in [6.07, 6.45) is 0. The van der Waals surface area contributed by atoms with Crippen molar-refractivity contribution in [3.8, 4) is 0 Å². The highest BCUT2D eigenvalue weighted by Crippen LogP contribution is 2.17. The van der Waals surface area contributed by atoms with Gasteiger partial charge in [-0.2, -0.15) is 0 Å². The summed E-state index contributed by atoms with van der Waals surface area (Å²) in [6, 6.07) is 7.37. The average molecular weight is 276 g/mol. The van der Waals surface area contributed by atoms with E-state index < -0.39 is 6.04 Å². The van der Waals surface area contributed by atoms with E-state index in [0.717, 1.165) is 11.1 Å². The van der Waals surface area contributed by atoms with Crippen LogP contribution in [0.3, 0.4) is 0 Å². The van der Waals surface area contributed by atoms with Crippen molar-refractivity contribution in [2.75, 3.05) is 0 Å². The summed E-state index contributed by atoms with van der Waals surface area (Å²) in [4.78, 5) is 23.5. The van der Waals surface area contributed by atoms with Gasteiger partial charge in [-0.15, -0.1) is 0 Å². The number of aryl methyl sites for hydroxylation is 1. The Bertz CT molecular complexity index is 483. The second kappa shape index (κ2) is 7.08. The van der Waals surface area contributed by atoms with Crippen LogP contribution in [-0.4, -0.2) is 17.9 Å². The molecule has 2 N–H and O–H groups in total. The molecule has 110 valence electrons. The number of benzene rings is 1. The van der Waals surface area contributed by atoms with Gasteiger partial charge in [0.05, 0.1) is 6.04 Å². The Labute approximate surface area is 121 Å². The van der Waals surface area contributed by atoms with Crippen LogP contribution in [-0.2, 0) is 9.59 Å². The van der Waals surface area contributed by atoms with E-state index >= 15 is 0 Å². The largest absolute Gasteiger partial charge is 0.348 e. The standard InChI is InChI=1S/C16H24N2O2/c1-10(2)15(18-13(5)19)16(20)17-12(4)14-9-7-6-8-11(14)3/h6-10,12,15H,1-5H3,(H,17,20)(H,18,19)/t12-,15+/m0/s1. The molecule has 4 nitrogen and oxygen atoms in total. The van der Waals surface area contributed by atoms with E-state index in [9.17, 15) is 9.59 Å². The van der Waals surface area contributed by atoms with Gasteiger partial charge in [-0.1, -0.05) is 38.1 Å². The average Bonchev–Trinajstić information content (AvgIpc) is 2.35. The zero-order chi connectivity index (χ0) is 15.3. The molecule has 1 aromatic carbocycles. The number of hydrogen-bond donors (Lipinski definition) is 2. The summed E-state index contributed by atoms with van der Waals surface area (Å²) in [5, 5.41) is 5.67. The van der Waals surface area contributed by atoms with Gasteiger partial charge in [0.1, 0.15) is 6.04 Å². The highest BCUT2D eigenvalue weighted by molar-refractivity contribution is 5.87. The van der Waals surface area contributed by atoms with Crippen LogP contribution in [0.1, 0.15) is 44.9 Å². The molecule has 0 heterocycles. The number of hydrogen-bond acceptors (Lipinski definition) is 2. The molecule has 0 saturated heterocycles. The molecule has 1 aromatic rings. The van der Waals surface area contributed by atoms with E-state index in [1.807, 2.05) is 52.0 Å². The van der Waals surface area contributed by atoms with Crippen LogP contribution in [0.25, 0.3) is 0 Å². The Kier molecular flexibility index (Phi) is 5.74. The third kappa shape index (κ3) is 4.37. The Morgan fingerprint density at radius 1 is 1.05 bits per heavy atom. The zero-order valence-corrected chi connectivity index (χ0v) is 12.9. The van der Waals surface area contributed by atoms with Crippen LogP contribution in [0, 0.1) is 12.8 Å². The lowest BCUT2D eigenvalue weighted by Crippen LogP contribution is -2.49. The van der Waals surface area contributed by atoms with E-state index in [2.05, 4.69) is 10.6 Å². The molecule has 0 bridgehead atoms. The number of carbonyl (C=O) groups is 2. The molecule has 0 spiro atoms. The van der Waals surface area contributed by atoms with Crippen molar-refractivity contribution in [2.45, 2.75) is 46.7 Å². The fourth-order valence-corrected chi connectivity index (χ4v) is 2.21. The summed E-state index contributed by atoms with van der Waals surface area (Å²) >= 11 is 0. The minimum Gasteiger partial charge on any atom is -0.348 e. The molecule has 4 heteroatoms. The quantitative estimate of drug-likeness (QED) is 0.867. The lowest BCUT2D eigenvalue weighted by molar-refractivity contribution is -0.129. The number of rotatable bonds is 5. The third-order valence-corrected chi connectivity index (χ3v) is 3.32. The van der Waals surface area contributed by atoms with Crippen molar-refractivity contribution in [1.82, 2.24) is 10.6 Å². The summed E-state index contributed by atoms with van der Waals surface area (Å²) < 4.78 is 0. The first kappa shape index (κ1) is 16.2. The Balaban J connectivity index is 2.78. The molecule has 0 radical (unpaired) electrons. The van der Waals surface area contributed by atoms with E-state index in [1.54, 1.807) is 0 Å². The minimum atomic E-state index is -0.501. The van der Waals surface area contributed by atoms with Gasteiger partial charge in [0, 0.05) is 6.92 Å². The van der Waals surface area contributed by atoms with Crippen LogP contribution in [0.15, 0.2) is 24.3 Å². The zero-order valence-electron chi connectivity index (χ0n) is 12.9. The maximum Gasteiger partial charge on any atom is 0.243 e. The lowest BCUT2D eigenvalue weighted by atomic mass is 10.00. The summed E-state index contributed by atoms with van der Waals surface area (Å²) in [6.45, 7) is 9.22. The molecule has 0 unspecified atom stereocenters. The van der Waals surface area contributed by atoms with Gasteiger partial charge in [0.15, 0.2) is 0 Å². The van der Waals surface area contributed by atoms with Crippen molar-refractivity contribution in [2.24, 2.45) is 5.92 Å². The monoisotopic (exact) mass is 276 g/mol. The normalized spacial score (nSPS) is 13.7. The second-order valence-corrected chi connectivity index (χ2v) is 5.51. The molecular formula is C16H24N2O2. The molecule has 1 rings (SSSR count). The second-order valence-electron chi connectivity index (χ2n) is 5.51. The van der Waals surface area contributed by atoms with E-state index in [1.165, 1.54) is 6.92 Å². The van der Waals surface area contributed by atoms with E-state index in [0.29, 0.717) is 0 Å². The molecule has 2 amide bonds. The van der Waals surface area contributed by atoms with Crippen molar-refractivity contribution in [1.29, 1.82) is 0 Å². The predicted octanol–water partition coefficient (Wildman–Crippen LogP) is 2.33. The van der Waals surface area contributed by atoms with Gasteiger partial charge in [0.2, 0.25) is 11.8 Å². The van der Waals surface area contributed by atoms with Gasteiger partial charge in [0.25, 0.3) is 0 Å². The Morgan fingerprint density at radius 2 is 1.65 bits per heavy atom. The van der Waals surface area contributed by atoms with Crippen LogP contribution in [0.2, 0.25) is 0 Å². The fraction of sp³-hybridized carbons (Fsp3) is 0.500. The molecule has 2 atom stereocenters. The molecule has 0 aliphatic carbocycles. The summed E-state index contributed by atoms with van der Waals surface area (Å²) in [5.74, 6) is -0.295. The molecule has 0 saturated carbocycles. The van der Waals surface area contributed by atoms with Crippen molar-refractivity contribution in [3.63, 3.8) is 0 Å². The molecule has 20 heavy (non-hydrogen) atoms. The van der Waals surface area contributed by atoms with Crippen LogP contribution < -0.4 is 10.6 Å². The first-order valence-corrected chi connectivity index (χ1v) is 6.96. The molecule has 0 aliphatic heterocycles. The van der Waals surface area contributed by atoms with Crippen LogP contribution >= 0.6 is 0 Å². The smallest absolute Gasteiger partial charge is 0.243 e. The third-order valence-electron chi connectivity index (χ3n) is 3.32. The van der Waals surface area contributed by atoms with E-state index in [-0.39, 0.29) is 23.8 Å². The first-order valence-electron chi connectivity index (χ1n) is 6.96. The summed E-state index contributed by atoms with van der Waals surface area (Å²) in [5.41, 5.74) is 2.23. The maximum atomic E-state index is 12.3. The van der Waals surface area contributed by atoms with Gasteiger partial charge >= 0.3 is 0 Å². The molecule has 0 aromatic heterocycles. The van der Waals surface area contributed by atoms with Crippen LogP contribution in [0.4, 0.5) is 0 Å². The predicted molar refractivity (Wildman–Crippen MR) is 80.2 cm³/mol. The Morgan fingerprint density at radius 3 is 2.15 bits per heavy atom. The Hall–Kier alpha value is -1.84. The molecule has 0 fully saturated rings. The van der Waals surface area contributed by atoms with Gasteiger partial charge < -0.3 is 10.6 Å². The molecular weight excluding hydrogens is 252 g/mol. The highest BCUT2D eigenvalue weighted by atomic mass is 16.2. The number of amides is 2. The van der Waals surface area contributed by atoms with Crippen molar-refractivity contribution >= 4 is 11.8 Å². The number of nitrogens with one attached hydrogen (secondary N) is 2. The van der Waals surface area contributed by atoms with Gasteiger partial charge in [-0.05, 0) is 30.9 Å². The van der Waals surface area contributed by atoms with Gasteiger partial charge in [-0.3, -0.25) is 9.59 Å². The SMILES string of the molecule is CC(=O)N[C@@H](C(=O)N[C@@H](C)c1ccccc1C)C(C)C. The van der Waals surface area contributed by atoms with Gasteiger partial charge in [-0.25, -0.2) is 0 Å².